The summed E-state index contributed by atoms with van der Waals surface area (Å²) in [7, 11) is 0. The first kappa shape index (κ1) is 19.8. The van der Waals surface area contributed by atoms with E-state index in [0.717, 1.165) is 39.0 Å². The minimum Gasteiger partial charge on any atom is -0.346 e. The zero-order valence-electron chi connectivity index (χ0n) is 17.0. The molecule has 0 bridgehead atoms. The monoisotopic (exact) mass is 432 g/mol. The van der Waals surface area contributed by atoms with Crippen molar-refractivity contribution in [3.63, 3.8) is 0 Å². The Bertz CT molecular complexity index is 1460. The number of fused-ring (bicyclic) bond motifs is 2. The molecule has 0 unspecified atom stereocenters. The fraction of sp³-hybridized carbons (Fsp3) is 0.130. The Morgan fingerprint density at radius 3 is 2.81 bits per heavy atom. The maximum Gasteiger partial charge on any atom is 0.270 e. The fourth-order valence-electron chi connectivity index (χ4n) is 3.75. The Labute approximate surface area is 181 Å². The van der Waals surface area contributed by atoms with Crippen LogP contribution in [-0.2, 0) is 0 Å². The summed E-state index contributed by atoms with van der Waals surface area (Å²) >= 11 is 0. The van der Waals surface area contributed by atoms with E-state index in [1.54, 1.807) is 29.1 Å². The zero-order valence-corrected chi connectivity index (χ0v) is 17.0. The summed E-state index contributed by atoms with van der Waals surface area (Å²) in [5.74, 6) is -0.607. The predicted molar refractivity (Wildman–Crippen MR) is 117 cm³/mol. The van der Waals surface area contributed by atoms with Gasteiger partial charge in [-0.05, 0) is 31.2 Å². The lowest BCUT2D eigenvalue weighted by molar-refractivity contribution is 0.0886. The fourth-order valence-corrected chi connectivity index (χ4v) is 3.75. The van der Waals surface area contributed by atoms with Crippen molar-refractivity contribution in [2.75, 3.05) is 6.54 Å². The number of hydrogen-bond donors (Lipinski definition) is 2. The molecule has 0 spiro atoms. The van der Waals surface area contributed by atoms with Crippen molar-refractivity contribution in [2.45, 2.75) is 13.3 Å². The number of carbonyl (C=O) groups excluding carboxylic acids is 1. The van der Waals surface area contributed by atoms with Gasteiger partial charge < -0.3 is 10.3 Å². The highest BCUT2D eigenvalue weighted by Gasteiger charge is 2.16. The zero-order chi connectivity index (χ0) is 22.2. The van der Waals surface area contributed by atoms with Crippen molar-refractivity contribution >= 4 is 22.6 Å². The molecule has 0 aliphatic rings. The van der Waals surface area contributed by atoms with E-state index in [1.165, 1.54) is 6.20 Å². The topological polar surface area (TPSA) is 88.0 Å². The first-order chi connectivity index (χ1) is 15.5. The van der Waals surface area contributed by atoms with E-state index < -0.39 is 18.9 Å². The minimum atomic E-state index is -2.62. The van der Waals surface area contributed by atoms with Crippen LogP contribution >= 0.6 is 0 Å². The Hall–Kier alpha value is -4.14. The smallest absolute Gasteiger partial charge is 0.270 e. The number of aromatic amines is 1. The molecule has 0 aliphatic heterocycles. The van der Waals surface area contributed by atoms with Crippen molar-refractivity contribution in [3.8, 4) is 22.3 Å². The quantitative estimate of drug-likeness (QED) is 0.435. The number of pyridine rings is 3. The molecule has 5 aromatic heterocycles. The van der Waals surface area contributed by atoms with Crippen molar-refractivity contribution in [3.05, 3.63) is 72.7 Å². The van der Waals surface area contributed by atoms with Crippen molar-refractivity contribution < 1.29 is 13.6 Å². The molecule has 0 aliphatic carbocycles. The Morgan fingerprint density at radius 1 is 1.12 bits per heavy atom. The normalized spacial score (nSPS) is 11.5. The van der Waals surface area contributed by atoms with E-state index >= 15 is 0 Å². The van der Waals surface area contributed by atoms with Gasteiger partial charge in [0.25, 0.3) is 12.3 Å². The number of imidazole rings is 1. The number of nitrogens with one attached hydrogen (secondary N) is 2. The van der Waals surface area contributed by atoms with Gasteiger partial charge in [0, 0.05) is 58.1 Å². The van der Waals surface area contributed by atoms with E-state index in [2.05, 4.69) is 25.3 Å². The van der Waals surface area contributed by atoms with E-state index in [4.69, 9.17) is 0 Å². The van der Waals surface area contributed by atoms with Crippen LogP contribution in [0.25, 0.3) is 38.9 Å². The third-order valence-corrected chi connectivity index (χ3v) is 5.32. The number of halogens is 2. The molecule has 2 N–H and O–H groups in total. The molecule has 0 radical (unpaired) electrons. The molecule has 5 heterocycles. The molecular formula is C23H18F2N6O. The molecule has 160 valence electrons. The molecule has 5 rings (SSSR count). The molecule has 0 atom stereocenters. The lowest BCUT2D eigenvalue weighted by Crippen LogP contribution is -2.29. The van der Waals surface area contributed by atoms with E-state index in [1.807, 2.05) is 37.4 Å². The van der Waals surface area contributed by atoms with E-state index in [0.29, 0.717) is 5.65 Å². The summed E-state index contributed by atoms with van der Waals surface area (Å²) in [5.41, 5.74) is 6.03. The Morgan fingerprint density at radius 2 is 2.00 bits per heavy atom. The van der Waals surface area contributed by atoms with Crippen LogP contribution in [-0.4, -0.2) is 43.2 Å². The van der Waals surface area contributed by atoms with Crippen LogP contribution in [0.4, 0.5) is 8.78 Å². The van der Waals surface area contributed by atoms with E-state index in [-0.39, 0.29) is 5.69 Å². The van der Waals surface area contributed by atoms with Gasteiger partial charge in [-0.1, -0.05) is 6.07 Å². The van der Waals surface area contributed by atoms with Gasteiger partial charge in [-0.15, -0.1) is 0 Å². The third kappa shape index (κ3) is 3.47. The number of hydrogen-bond acceptors (Lipinski definition) is 4. The van der Waals surface area contributed by atoms with Crippen LogP contribution in [0.2, 0.25) is 0 Å². The van der Waals surface area contributed by atoms with Crippen LogP contribution in [0.3, 0.4) is 0 Å². The summed E-state index contributed by atoms with van der Waals surface area (Å²) in [6.07, 6.45) is 5.93. The molecule has 0 aromatic carbocycles. The van der Waals surface area contributed by atoms with Gasteiger partial charge in [-0.3, -0.25) is 14.2 Å². The predicted octanol–water partition coefficient (Wildman–Crippen LogP) is 4.24. The van der Waals surface area contributed by atoms with Crippen molar-refractivity contribution in [1.82, 2.24) is 29.7 Å². The molecule has 5 aromatic rings. The van der Waals surface area contributed by atoms with Gasteiger partial charge in [0.05, 0.1) is 12.7 Å². The van der Waals surface area contributed by atoms with Crippen LogP contribution in [0.5, 0.6) is 0 Å². The summed E-state index contributed by atoms with van der Waals surface area (Å²) in [6, 6.07) is 9.61. The summed E-state index contributed by atoms with van der Waals surface area (Å²) in [5, 5.41) is 3.13. The van der Waals surface area contributed by atoms with Crippen molar-refractivity contribution in [1.29, 1.82) is 0 Å². The number of aryl methyl sites for hydroxylation is 1. The Kier molecular flexibility index (Phi) is 4.85. The molecule has 32 heavy (non-hydrogen) atoms. The minimum absolute atomic E-state index is 0.187. The number of rotatable bonds is 5. The lowest BCUT2D eigenvalue weighted by Gasteiger charge is -2.07. The second-order valence-electron chi connectivity index (χ2n) is 7.35. The molecule has 0 saturated carbocycles. The highest BCUT2D eigenvalue weighted by molar-refractivity contribution is 5.97. The average Bonchev–Trinajstić information content (AvgIpc) is 3.41. The highest BCUT2D eigenvalue weighted by atomic mass is 19.3. The maximum atomic E-state index is 12.5. The molecule has 0 saturated heterocycles. The first-order valence-corrected chi connectivity index (χ1v) is 9.94. The van der Waals surface area contributed by atoms with Crippen LogP contribution in [0, 0.1) is 6.92 Å². The van der Waals surface area contributed by atoms with E-state index in [9.17, 15) is 13.6 Å². The van der Waals surface area contributed by atoms with Crippen LogP contribution in [0.15, 0.2) is 61.3 Å². The van der Waals surface area contributed by atoms with Gasteiger partial charge in [0.1, 0.15) is 17.0 Å². The first-order valence-electron chi connectivity index (χ1n) is 9.94. The second kappa shape index (κ2) is 7.84. The summed E-state index contributed by atoms with van der Waals surface area (Å²) < 4.78 is 26.6. The van der Waals surface area contributed by atoms with Crippen LogP contribution in [0.1, 0.15) is 16.2 Å². The third-order valence-electron chi connectivity index (χ3n) is 5.32. The summed E-state index contributed by atoms with van der Waals surface area (Å²) in [4.78, 5) is 28.6. The lowest BCUT2D eigenvalue weighted by atomic mass is 10.0. The Balaban J connectivity index is 1.58. The molecular weight excluding hydrogens is 414 g/mol. The van der Waals surface area contributed by atoms with Gasteiger partial charge >= 0.3 is 0 Å². The number of nitrogens with zero attached hydrogens (tertiary/aromatic N) is 4. The second-order valence-corrected chi connectivity index (χ2v) is 7.35. The number of carbonyl (C=O) groups is 1. The average molecular weight is 432 g/mol. The molecule has 9 heteroatoms. The summed E-state index contributed by atoms with van der Waals surface area (Å²) in [6.45, 7) is 1.24. The SMILES string of the molecule is Cc1ncccc1-c1cnc2[nH]cc(-c3ccc4ncc(C(=O)NCC(F)F)n4c3)c2c1. The van der Waals surface area contributed by atoms with Crippen molar-refractivity contribution in [2.24, 2.45) is 0 Å². The number of alkyl halides is 2. The van der Waals surface area contributed by atoms with Gasteiger partial charge in [0.2, 0.25) is 0 Å². The number of aromatic nitrogens is 5. The maximum absolute atomic E-state index is 12.5. The molecule has 0 fully saturated rings. The number of amides is 1. The van der Waals surface area contributed by atoms with Gasteiger partial charge in [0.15, 0.2) is 0 Å². The molecule has 7 nitrogen and oxygen atoms in total. The van der Waals surface area contributed by atoms with Gasteiger partial charge in [-0.2, -0.15) is 0 Å². The van der Waals surface area contributed by atoms with Crippen LogP contribution < -0.4 is 5.32 Å². The molecule has 1 amide bonds. The highest BCUT2D eigenvalue weighted by Crippen LogP contribution is 2.32. The standard InChI is InChI=1S/C23H18F2N6O/c1-13-16(3-2-6-26-13)15-7-17-18(9-29-22(17)28-8-15)14-4-5-21-27-10-19(31(21)12-14)23(32)30-11-20(24)25/h2-10,12,20H,11H2,1H3,(H,28,29)(H,30,32). The van der Waals surface area contributed by atoms with Gasteiger partial charge in [-0.25, -0.2) is 18.7 Å². The number of H-pyrrole nitrogens is 1. The largest absolute Gasteiger partial charge is 0.346 e.